The smallest absolute Gasteiger partial charge is 0.191 e. The van der Waals surface area contributed by atoms with Gasteiger partial charge in [0.2, 0.25) is 0 Å². The summed E-state index contributed by atoms with van der Waals surface area (Å²) >= 11 is 0. The number of ether oxygens (including phenoxy) is 3. The van der Waals surface area contributed by atoms with Crippen LogP contribution in [-0.2, 0) is 14.2 Å². The summed E-state index contributed by atoms with van der Waals surface area (Å²) in [5.41, 5.74) is 0. The Hall–Kier alpha value is -0.160. The standard InChI is InChI=1S/C19H38N4O3.HI/c1-3-20-19(21-6-4-9-25-15-18-5-10-26-16-18)22-13-17(2)14-23-7-11-24-12-8-23;/h17-18H,3-16H2,1-2H3,(H2,20,21,22);1H. The Morgan fingerprint density at radius 2 is 2.04 bits per heavy atom. The molecule has 2 N–H and O–H groups in total. The van der Waals surface area contributed by atoms with Crippen molar-refractivity contribution in [3.05, 3.63) is 0 Å². The van der Waals surface area contributed by atoms with Crippen molar-refractivity contribution < 1.29 is 14.2 Å². The molecule has 0 aromatic carbocycles. The molecule has 0 bridgehead atoms. The number of nitrogens with zero attached hydrogens (tertiary/aromatic N) is 2. The number of hydrogen-bond acceptors (Lipinski definition) is 5. The summed E-state index contributed by atoms with van der Waals surface area (Å²) in [6.45, 7) is 15.2. The van der Waals surface area contributed by atoms with Gasteiger partial charge in [0.05, 0.1) is 26.4 Å². The fourth-order valence-electron chi connectivity index (χ4n) is 3.22. The summed E-state index contributed by atoms with van der Waals surface area (Å²) in [6, 6.07) is 0. The Morgan fingerprint density at radius 1 is 1.22 bits per heavy atom. The minimum absolute atomic E-state index is 0. The average molecular weight is 498 g/mol. The van der Waals surface area contributed by atoms with Gasteiger partial charge in [-0.25, -0.2) is 0 Å². The van der Waals surface area contributed by atoms with Crippen molar-refractivity contribution >= 4 is 29.9 Å². The van der Waals surface area contributed by atoms with E-state index in [1.807, 2.05) is 0 Å². The van der Waals surface area contributed by atoms with Gasteiger partial charge in [-0.05, 0) is 25.7 Å². The quantitative estimate of drug-likeness (QED) is 0.195. The molecule has 2 aliphatic heterocycles. The van der Waals surface area contributed by atoms with Crippen LogP contribution in [-0.4, -0.2) is 89.8 Å². The number of hydrogen-bond donors (Lipinski definition) is 2. The van der Waals surface area contributed by atoms with Gasteiger partial charge in [-0.3, -0.25) is 9.89 Å². The fraction of sp³-hybridized carbons (Fsp3) is 0.947. The highest BCUT2D eigenvalue weighted by atomic mass is 127. The van der Waals surface area contributed by atoms with E-state index in [4.69, 9.17) is 19.2 Å². The molecular formula is C19H39IN4O3. The second kappa shape index (κ2) is 15.7. The van der Waals surface area contributed by atoms with Crippen molar-refractivity contribution in [3.63, 3.8) is 0 Å². The van der Waals surface area contributed by atoms with Crippen molar-refractivity contribution in [3.8, 4) is 0 Å². The van der Waals surface area contributed by atoms with Crippen molar-refractivity contribution in [2.45, 2.75) is 26.7 Å². The van der Waals surface area contributed by atoms with Crippen molar-refractivity contribution in [1.82, 2.24) is 15.5 Å². The maximum atomic E-state index is 5.75. The van der Waals surface area contributed by atoms with Gasteiger partial charge in [0, 0.05) is 58.4 Å². The highest BCUT2D eigenvalue weighted by Gasteiger charge is 2.15. The van der Waals surface area contributed by atoms with E-state index in [1.54, 1.807) is 0 Å². The molecule has 0 aromatic heterocycles. The number of guanidine groups is 1. The van der Waals surface area contributed by atoms with Crippen LogP contribution in [0.15, 0.2) is 4.99 Å². The lowest BCUT2D eigenvalue weighted by Crippen LogP contribution is -2.40. The van der Waals surface area contributed by atoms with Crippen LogP contribution in [0.1, 0.15) is 26.7 Å². The number of halogens is 1. The fourth-order valence-corrected chi connectivity index (χ4v) is 3.22. The monoisotopic (exact) mass is 498 g/mol. The van der Waals surface area contributed by atoms with E-state index in [-0.39, 0.29) is 24.0 Å². The predicted octanol–water partition coefficient (Wildman–Crippen LogP) is 1.57. The van der Waals surface area contributed by atoms with Gasteiger partial charge in [0.1, 0.15) is 0 Å². The summed E-state index contributed by atoms with van der Waals surface area (Å²) in [5.74, 6) is 2.04. The second-order valence-corrected chi connectivity index (χ2v) is 7.32. The van der Waals surface area contributed by atoms with Crippen molar-refractivity contribution in [2.75, 3.05) is 78.9 Å². The molecule has 2 fully saturated rings. The Morgan fingerprint density at radius 3 is 2.74 bits per heavy atom. The van der Waals surface area contributed by atoms with Gasteiger partial charge >= 0.3 is 0 Å². The Bertz CT molecular complexity index is 389. The van der Waals surface area contributed by atoms with Crippen molar-refractivity contribution in [1.29, 1.82) is 0 Å². The highest BCUT2D eigenvalue weighted by Crippen LogP contribution is 2.12. The third-order valence-electron chi connectivity index (χ3n) is 4.71. The SMILES string of the molecule is CCNC(=NCC(C)CN1CCOCC1)NCCCOCC1CCOC1.I. The highest BCUT2D eigenvalue weighted by molar-refractivity contribution is 14.0. The Kier molecular flexibility index (Phi) is 14.5. The number of morpholine rings is 1. The zero-order valence-electron chi connectivity index (χ0n) is 17.1. The molecule has 0 saturated carbocycles. The van der Waals surface area contributed by atoms with E-state index in [0.717, 1.165) is 97.7 Å². The third-order valence-corrected chi connectivity index (χ3v) is 4.71. The van der Waals surface area contributed by atoms with Gasteiger partial charge in [0.15, 0.2) is 5.96 Å². The molecular weight excluding hydrogens is 459 g/mol. The molecule has 0 aliphatic carbocycles. The maximum Gasteiger partial charge on any atom is 0.191 e. The number of rotatable bonds is 11. The predicted molar refractivity (Wildman–Crippen MR) is 120 cm³/mol. The molecule has 160 valence electrons. The summed E-state index contributed by atoms with van der Waals surface area (Å²) in [6.07, 6.45) is 2.12. The van der Waals surface area contributed by atoms with Gasteiger partial charge in [-0.2, -0.15) is 0 Å². The average Bonchev–Trinajstić information content (AvgIpc) is 3.16. The molecule has 2 saturated heterocycles. The Balaban J connectivity index is 0.00000364. The van der Waals surface area contributed by atoms with Gasteiger partial charge in [-0.15, -0.1) is 24.0 Å². The van der Waals surface area contributed by atoms with Crippen molar-refractivity contribution in [2.24, 2.45) is 16.8 Å². The largest absolute Gasteiger partial charge is 0.381 e. The number of nitrogens with one attached hydrogen (secondary N) is 2. The van der Waals surface area contributed by atoms with E-state index in [9.17, 15) is 0 Å². The van der Waals surface area contributed by atoms with E-state index in [1.165, 1.54) is 0 Å². The molecule has 2 heterocycles. The van der Waals surface area contributed by atoms with E-state index >= 15 is 0 Å². The normalized spacial score (nSPS) is 22.3. The topological polar surface area (TPSA) is 67.4 Å². The maximum absolute atomic E-state index is 5.75. The molecule has 0 radical (unpaired) electrons. The summed E-state index contributed by atoms with van der Waals surface area (Å²) in [7, 11) is 0. The zero-order valence-corrected chi connectivity index (χ0v) is 19.4. The molecule has 0 spiro atoms. The van der Waals surface area contributed by atoms with Gasteiger partial charge in [-0.1, -0.05) is 6.92 Å². The number of aliphatic imine (C=N–C) groups is 1. The lowest BCUT2D eigenvalue weighted by Gasteiger charge is -2.28. The first-order chi connectivity index (χ1) is 12.8. The summed E-state index contributed by atoms with van der Waals surface area (Å²) in [5, 5.41) is 6.73. The molecule has 0 amide bonds. The van der Waals surface area contributed by atoms with Crippen LogP contribution in [0.2, 0.25) is 0 Å². The summed E-state index contributed by atoms with van der Waals surface area (Å²) < 4.78 is 16.5. The molecule has 7 nitrogen and oxygen atoms in total. The first-order valence-corrected chi connectivity index (χ1v) is 10.3. The zero-order chi connectivity index (χ0) is 18.5. The van der Waals surface area contributed by atoms with Gasteiger partial charge < -0.3 is 24.8 Å². The van der Waals surface area contributed by atoms with E-state index < -0.39 is 0 Å². The van der Waals surface area contributed by atoms with Crippen LogP contribution in [0, 0.1) is 11.8 Å². The summed E-state index contributed by atoms with van der Waals surface area (Å²) in [4.78, 5) is 7.21. The Labute approximate surface area is 182 Å². The second-order valence-electron chi connectivity index (χ2n) is 7.32. The third kappa shape index (κ3) is 11.4. The molecule has 0 aromatic rings. The molecule has 2 aliphatic rings. The van der Waals surface area contributed by atoms with Crippen LogP contribution in [0.4, 0.5) is 0 Å². The van der Waals surface area contributed by atoms with Crippen LogP contribution >= 0.6 is 24.0 Å². The minimum atomic E-state index is 0. The lowest BCUT2D eigenvalue weighted by atomic mass is 10.1. The van der Waals surface area contributed by atoms with Crippen LogP contribution in [0.3, 0.4) is 0 Å². The van der Waals surface area contributed by atoms with Gasteiger partial charge in [0.25, 0.3) is 0 Å². The molecule has 2 atom stereocenters. The lowest BCUT2D eigenvalue weighted by molar-refractivity contribution is 0.0323. The van der Waals surface area contributed by atoms with Crippen LogP contribution in [0.5, 0.6) is 0 Å². The van der Waals surface area contributed by atoms with E-state index in [0.29, 0.717) is 11.8 Å². The minimum Gasteiger partial charge on any atom is -0.381 e. The van der Waals surface area contributed by atoms with E-state index in [2.05, 4.69) is 29.4 Å². The molecule has 2 rings (SSSR count). The molecule has 27 heavy (non-hydrogen) atoms. The molecule has 2 unspecified atom stereocenters. The van der Waals surface area contributed by atoms with Crippen LogP contribution in [0.25, 0.3) is 0 Å². The van der Waals surface area contributed by atoms with Crippen LogP contribution < -0.4 is 10.6 Å². The first-order valence-electron chi connectivity index (χ1n) is 10.3. The first kappa shape index (κ1) is 24.9. The molecule has 8 heteroatoms.